The number of carbonyl (C=O) groups excluding carboxylic acids is 10. The molecule has 2 saturated carbocycles. The second-order valence-electron chi connectivity index (χ2n) is 24.2. The highest BCUT2D eigenvalue weighted by Gasteiger charge is 2.35. The van der Waals surface area contributed by atoms with Gasteiger partial charge in [0.2, 0.25) is 59.1 Å². The number of piperazine rings is 5. The number of nitrogens with zero attached hydrogens (tertiary/aromatic N) is 12. The Morgan fingerprint density at radius 3 is 1.10 bits per heavy atom. The van der Waals surface area contributed by atoms with E-state index < -0.39 is 24.5 Å². The summed E-state index contributed by atoms with van der Waals surface area (Å²) in [4.78, 5) is 171. The summed E-state index contributed by atoms with van der Waals surface area (Å²) in [6.45, 7) is 10.6. The molecule has 96 heavy (non-hydrogen) atoms. The third kappa shape index (κ3) is 27.1. The number of amides is 10. The molecule has 7 aliphatic rings. The van der Waals surface area contributed by atoms with Crippen LogP contribution in [0.4, 0.5) is 0 Å². The molecule has 2 aromatic heterocycles. The summed E-state index contributed by atoms with van der Waals surface area (Å²) in [5, 5.41) is 25.1. The number of aromatic nitrogens is 2. The molecule has 0 spiro atoms. The summed E-state index contributed by atoms with van der Waals surface area (Å²) in [5.41, 5.74) is 3.06. The molecule has 28 nitrogen and oxygen atoms in total. The highest BCUT2D eigenvalue weighted by Crippen LogP contribution is 2.27. The van der Waals surface area contributed by atoms with E-state index in [9.17, 15) is 62.3 Å². The van der Waals surface area contributed by atoms with E-state index in [1.54, 1.807) is 59.1 Å². The molecule has 0 atom stereocenters. The Morgan fingerprint density at radius 1 is 0.385 bits per heavy atom. The standard InChI is InChI=1S/C14H22N2O4.C13H17N3O2.C13H14N2O4.C13H22N2O2.C12H15N3O2.C2H3BrO2/c17-12-9-16(10-14(19)20)13(18)8-15(12)7-6-11-4-2-1-3-5-11;1-2-15-9-13(18)16(10-12(15)17)8-5-11-3-6-14-7-4-11;16-11-8-15(9-13(18)19)12(17)7-14(11)6-10-4-2-1-3-5-10;1-2-14-9-13(17)15(10-12(14)16)8-11-6-4-3-5-7-11;1-2-14-8-12(17)15(9-11(14)16)7-10-3-5-13-6-4-10;3-1-2(4)5/h11H,1-10H2,(H,19,20);3-4,6-7H,2,5,8-10H2,1H3;1-5H,6-9H2,(H,18,19);11H,2-10H2,1H3;3-6H,2,7-9H2,1H3;1H2,(H,4,5). The van der Waals surface area contributed by atoms with Crippen LogP contribution in [0.15, 0.2) is 79.4 Å². The largest absolute Gasteiger partial charge is 0.481 e. The van der Waals surface area contributed by atoms with Crippen molar-refractivity contribution in [1.29, 1.82) is 0 Å². The third-order valence-corrected chi connectivity index (χ3v) is 17.7. The number of carboxylic acids is 3. The Labute approximate surface area is 569 Å². The summed E-state index contributed by atoms with van der Waals surface area (Å²) in [5.74, 6) is -2.40. The van der Waals surface area contributed by atoms with Gasteiger partial charge in [0.15, 0.2) is 0 Å². The van der Waals surface area contributed by atoms with Crippen molar-refractivity contribution in [3.8, 4) is 0 Å². The number of pyridine rings is 2. The van der Waals surface area contributed by atoms with Crippen LogP contribution in [0.25, 0.3) is 0 Å². The fraction of sp³-hybridized carbons (Fsp3) is 0.567. The van der Waals surface area contributed by atoms with Crippen LogP contribution < -0.4 is 0 Å². The Balaban J connectivity index is 0.000000213. The maximum atomic E-state index is 11.9. The number of rotatable bonds is 20. The quantitative estimate of drug-likeness (QED) is 0.137. The molecule has 2 aliphatic carbocycles. The van der Waals surface area contributed by atoms with Gasteiger partial charge in [-0.3, -0.25) is 72.3 Å². The highest BCUT2D eigenvalue weighted by molar-refractivity contribution is 9.09. The molecular formula is C67H93BrN12O16. The van der Waals surface area contributed by atoms with Gasteiger partial charge in [0.05, 0.1) is 39.3 Å². The SMILES string of the molecule is CCN1CC(=O)N(CC2CCCCC2)CC1=O.CCN1CC(=O)N(CCc2ccncc2)CC1=O.CCN1CC(=O)N(Cc2ccncc2)CC1=O.O=C(O)CBr.O=C(O)CN1CC(=O)N(CCC2CCCCC2)CC1=O.O=C(O)CN1CC(=O)N(Cc2ccccc2)CC1=O. The van der Waals surface area contributed by atoms with Crippen LogP contribution >= 0.6 is 15.9 Å². The van der Waals surface area contributed by atoms with Crippen molar-refractivity contribution >= 4 is 92.9 Å². The molecule has 5 saturated heterocycles. The summed E-state index contributed by atoms with van der Waals surface area (Å²) in [6, 6.07) is 16.9. The van der Waals surface area contributed by atoms with Gasteiger partial charge in [0, 0.05) is 77.1 Å². The minimum Gasteiger partial charge on any atom is -0.481 e. The molecule has 10 rings (SSSR count). The van der Waals surface area contributed by atoms with Gasteiger partial charge in [-0.05, 0) is 99.2 Å². The molecule has 5 aliphatic heterocycles. The van der Waals surface area contributed by atoms with Gasteiger partial charge in [-0.1, -0.05) is 97.6 Å². The normalized spacial score (nSPS) is 18.1. The molecule has 0 bridgehead atoms. The maximum absolute atomic E-state index is 11.9. The lowest BCUT2D eigenvalue weighted by molar-refractivity contribution is -0.154. The number of alkyl halides is 1. The number of hydrogen-bond acceptors (Lipinski definition) is 15. The van der Waals surface area contributed by atoms with Crippen molar-refractivity contribution in [3.63, 3.8) is 0 Å². The lowest BCUT2D eigenvalue weighted by Gasteiger charge is -2.36. The fourth-order valence-electron chi connectivity index (χ4n) is 11.7. The van der Waals surface area contributed by atoms with Crippen molar-refractivity contribution < 1.29 is 77.6 Å². The lowest BCUT2D eigenvalue weighted by Crippen LogP contribution is -2.55. The molecule has 3 N–H and O–H groups in total. The van der Waals surface area contributed by atoms with Crippen LogP contribution in [0.5, 0.6) is 0 Å². The molecule has 1 aromatic carbocycles. The van der Waals surface area contributed by atoms with Crippen molar-refractivity contribution in [3.05, 3.63) is 96.1 Å². The highest BCUT2D eigenvalue weighted by atomic mass is 79.9. The average molecular weight is 1400 g/mol. The fourth-order valence-corrected chi connectivity index (χ4v) is 11.7. The lowest BCUT2D eigenvalue weighted by atomic mass is 9.87. The van der Waals surface area contributed by atoms with E-state index in [0.717, 1.165) is 45.9 Å². The van der Waals surface area contributed by atoms with Crippen molar-refractivity contribution in [1.82, 2.24) is 59.0 Å². The molecule has 0 radical (unpaired) electrons. The zero-order valence-corrected chi connectivity index (χ0v) is 57.0. The summed E-state index contributed by atoms with van der Waals surface area (Å²) >= 11 is 2.71. The Morgan fingerprint density at radius 2 is 0.698 bits per heavy atom. The van der Waals surface area contributed by atoms with E-state index in [4.69, 9.17) is 15.3 Å². The molecule has 10 amide bonds. The Hall–Kier alpha value is -8.89. The second kappa shape index (κ2) is 41.2. The number of aliphatic carboxylic acids is 3. The predicted molar refractivity (Wildman–Crippen MR) is 354 cm³/mol. The van der Waals surface area contributed by atoms with Gasteiger partial charge in [-0.25, -0.2) is 0 Å². The van der Waals surface area contributed by atoms with Crippen molar-refractivity contribution in [2.75, 3.05) is 123 Å². The Kier molecular flexibility index (Phi) is 33.4. The number of hydrogen-bond donors (Lipinski definition) is 3. The molecule has 29 heteroatoms. The molecule has 7 fully saturated rings. The number of halogens is 1. The van der Waals surface area contributed by atoms with Gasteiger partial charge >= 0.3 is 17.9 Å². The van der Waals surface area contributed by atoms with Gasteiger partial charge in [0.25, 0.3) is 0 Å². The van der Waals surface area contributed by atoms with Crippen molar-refractivity contribution in [2.45, 2.75) is 111 Å². The first-order chi connectivity index (χ1) is 46.0. The van der Waals surface area contributed by atoms with Gasteiger partial charge < -0.3 is 64.3 Å². The molecular weight excluding hydrogens is 1310 g/mol. The van der Waals surface area contributed by atoms with E-state index in [0.29, 0.717) is 64.2 Å². The monoisotopic (exact) mass is 1400 g/mol. The minimum atomic E-state index is -1.11. The topological polar surface area (TPSA) is 341 Å². The first-order valence-electron chi connectivity index (χ1n) is 32.8. The maximum Gasteiger partial charge on any atom is 0.323 e. The second-order valence-corrected chi connectivity index (χ2v) is 24.7. The van der Waals surface area contributed by atoms with Crippen LogP contribution in [0, 0.1) is 11.8 Å². The van der Waals surface area contributed by atoms with Crippen LogP contribution in [-0.2, 0) is 81.8 Å². The van der Waals surface area contributed by atoms with Gasteiger partial charge in [-0.15, -0.1) is 0 Å². The number of carboxylic acid groups (broad SMARTS) is 3. The van der Waals surface area contributed by atoms with Crippen LogP contribution in [0.2, 0.25) is 0 Å². The van der Waals surface area contributed by atoms with E-state index in [2.05, 4.69) is 25.9 Å². The summed E-state index contributed by atoms with van der Waals surface area (Å²) in [6.07, 6.45) is 21.2. The van der Waals surface area contributed by atoms with E-state index in [-0.39, 0.29) is 130 Å². The number of benzene rings is 1. The first-order valence-corrected chi connectivity index (χ1v) is 33.9. The molecule has 524 valence electrons. The predicted octanol–water partition coefficient (Wildman–Crippen LogP) is 2.96. The molecule has 0 unspecified atom stereocenters. The van der Waals surface area contributed by atoms with Gasteiger partial charge in [0.1, 0.15) is 44.6 Å². The summed E-state index contributed by atoms with van der Waals surface area (Å²) < 4.78 is 0. The minimum absolute atomic E-state index is 0.00302. The summed E-state index contributed by atoms with van der Waals surface area (Å²) in [7, 11) is 0. The first kappa shape index (κ1) is 77.8. The zero-order chi connectivity index (χ0) is 70.1. The van der Waals surface area contributed by atoms with Crippen molar-refractivity contribution in [2.24, 2.45) is 11.8 Å². The van der Waals surface area contributed by atoms with E-state index in [1.165, 1.54) is 69.1 Å². The van der Waals surface area contributed by atoms with Gasteiger partial charge in [-0.2, -0.15) is 0 Å². The Bertz CT molecular complexity index is 3090. The number of carbonyl (C=O) groups is 13. The van der Waals surface area contributed by atoms with E-state index in [1.807, 2.05) is 75.4 Å². The van der Waals surface area contributed by atoms with Crippen LogP contribution in [0.3, 0.4) is 0 Å². The smallest absolute Gasteiger partial charge is 0.323 e. The molecule has 3 aromatic rings. The van der Waals surface area contributed by atoms with Crippen LogP contribution in [-0.4, -0.2) is 274 Å². The molecule has 7 heterocycles. The average Bonchev–Trinajstić information content (AvgIpc) is 1.13. The number of likely N-dealkylation sites (N-methyl/N-ethyl adjacent to an activating group) is 3. The van der Waals surface area contributed by atoms with E-state index >= 15 is 0 Å². The third-order valence-electron chi connectivity index (χ3n) is 17.2. The van der Waals surface area contributed by atoms with Crippen LogP contribution in [0.1, 0.15) is 108 Å². The zero-order valence-electron chi connectivity index (χ0n) is 55.4.